The van der Waals surface area contributed by atoms with E-state index in [-0.39, 0.29) is 0 Å². The van der Waals surface area contributed by atoms with E-state index in [1.807, 2.05) is 24.7 Å². The summed E-state index contributed by atoms with van der Waals surface area (Å²) in [6, 6.07) is 1.92. The Bertz CT molecular complexity index is 956. The second kappa shape index (κ2) is 6.99. The first-order chi connectivity index (χ1) is 13.2. The van der Waals surface area contributed by atoms with Gasteiger partial charge in [-0.2, -0.15) is 0 Å². The van der Waals surface area contributed by atoms with Crippen molar-refractivity contribution < 1.29 is 0 Å². The van der Waals surface area contributed by atoms with Gasteiger partial charge in [0.1, 0.15) is 0 Å². The van der Waals surface area contributed by atoms with Crippen LogP contribution < -0.4 is 4.90 Å². The van der Waals surface area contributed by atoms with Crippen LogP contribution in [0.5, 0.6) is 0 Å². The van der Waals surface area contributed by atoms with Crippen molar-refractivity contribution in [2.45, 2.75) is 48.3 Å². The Kier molecular flexibility index (Phi) is 4.48. The lowest BCUT2D eigenvalue weighted by Crippen LogP contribution is -2.40. The maximum Gasteiger partial charge on any atom is 0.211 e. The molecular weight excluding hydrogens is 378 g/mol. The zero-order valence-electron chi connectivity index (χ0n) is 15.1. The van der Waals surface area contributed by atoms with Gasteiger partial charge in [0.25, 0.3) is 0 Å². The molecule has 1 saturated carbocycles. The molecule has 0 radical (unpaired) electrons. The molecule has 0 N–H and O–H groups in total. The molecule has 7 heteroatoms. The van der Waals surface area contributed by atoms with Gasteiger partial charge < -0.3 is 4.90 Å². The third-order valence-electron chi connectivity index (χ3n) is 6.10. The highest BCUT2D eigenvalue weighted by molar-refractivity contribution is 7.99. The average molecular weight is 400 g/mol. The van der Waals surface area contributed by atoms with E-state index in [9.17, 15) is 0 Å². The van der Waals surface area contributed by atoms with Gasteiger partial charge in [-0.3, -0.25) is 9.38 Å². The Morgan fingerprint density at radius 3 is 2.56 bits per heavy atom. The van der Waals surface area contributed by atoms with Gasteiger partial charge in [-0.25, -0.2) is 9.97 Å². The van der Waals surface area contributed by atoms with Crippen LogP contribution in [0.15, 0.2) is 46.8 Å². The van der Waals surface area contributed by atoms with Gasteiger partial charge in [-0.1, -0.05) is 36.2 Å². The summed E-state index contributed by atoms with van der Waals surface area (Å²) in [5, 5.41) is 0.647. The molecule has 3 aromatic heterocycles. The molecule has 2 aliphatic rings. The first kappa shape index (κ1) is 17.3. The third kappa shape index (κ3) is 3.19. The molecule has 3 aromatic rings. The summed E-state index contributed by atoms with van der Waals surface area (Å²) in [6.07, 6.45) is 17.4. The van der Waals surface area contributed by atoms with Gasteiger partial charge in [0, 0.05) is 49.0 Å². The molecular formula is C20H22ClN5S. The molecule has 140 valence electrons. The van der Waals surface area contributed by atoms with E-state index in [0.717, 1.165) is 34.5 Å². The van der Waals surface area contributed by atoms with E-state index in [1.54, 1.807) is 24.2 Å². The van der Waals surface area contributed by atoms with Crippen LogP contribution in [-0.4, -0.2) is 32.4 Å². The van der Waals surface area contributed by atoms with E-state index in [1.165, 1.54) is 38.5 Å². The normalized spacial score (nSPS) is 19.2. The monoisotopic (exact) mass is 399 g/mol. The van der Waals surface area contributed by atoms with Crippen LogP contribution in [0.25, 0.3) is 5.65 Å². The molecule has 1 aliphatic carbocycles. The number of fused-ring (bicyclic) bond motifs is 1. The SMILES string of the molecule is Clc1cnccc1Sc1cnc(N2CCC3(CCCC3)CC2)n2ccnc12. The molecule has 0 atom stereocenters. The summed E-state index contributed by atoms with van der Waals surface area (Å²) in [5.41, 5.74) is 1.54. The highest BCUT2D eigenvalue weighted by Gasteiger charge is 2.37. The van der Waals surface area contributed by atoms with Crippen molar-refractivity contribution in [1.29, 1.82) is 0 Å². The number of imidazole rings is 1. The van der Waals surface area contributed by atoms with Gasteiger partial charge in [-0.05, 0) is 37.2 Å². The van der Waals surface area contributed by atoms with Gasteiger partial charge in [-0.15, -0.1) is 0 Å². The van der Waals surface area contributed by atoms with E-state index in [0.29, 0.717) is 10.4 Å². The number of nitrogens with zero attached hydrogens (tertiary/aromatic N) is 5. The highest BCUT2D eigenvalue weighted by Crippen LogP contribution is 2.46. The molecule has 0 unspecified atom stereocenters. The zero-order valence-corrected chi connectivity index (χ0v) is 16.7. The largest absolute Gasteiger partial charge is 0.342 e. The fourth-order valence-electron chi connectivity index (χ4n) is 4.56. The number of aromatic nitrogens is 4. The Labute approximate surface area is 168 Å². The Morgan fingerprint density at radius 1 is 0.963 bits per heavy atom. The number of rotatable bonds is 3. The number of piperidine rings is 1. The fraction of sp³-hybridized carbons (Fsp3) is 0.450. The summed E-state index contributed by atoms with van der Waals surface area (Å²) in [4.78, 5) is 17.8. The van der Waals surface area contributed by atoms with Crippen LogP contribution in [0.1, 0.15) is 38.5 Å². The van der Waals surface area contributed by atoms with Crippen LogP contribution in [0, 0.1) is 5.41 Å². The highest BCUT2D eigenvalue weighted by atomic mass is 35.5. The van der Waals surface area contributed by atoms with Crippen LogP contribution in [0.2, 0.25) is 5.02 Å². The summed E-state index contributed by atoms with van der Waals surface area (Å²) >= 11 is 7.86. The predicted molar refractivity (Wildman–Crippen MR) is 109 cm³/mol. The number of hydrogen-bond acceptors (Lipinski definition) is 5. The lowest BCUT2D eigenvalue weighted by Gasteiger charge is -2.39. The van der Waals surface area contributed by atoms with E-state index < -0.39 is 0 Å². The number of pyridine rings is 1. The van der Waals surface area contributed by atoms with Crippen molar-refractivity contribution >= 4 is 35.0 Å². The summed E-state index contributed by atoms with van der Waals surface area (Å²) in [5.74, 6) is 1.00. The second-order valence-corrected chi connectivity index (χ2v) is 9.14. The zero-order chi connectivity index (χ0) is 18.3. The number of halogens is 1. The molecule has 4 heterocycles. The minimum atomic E-state index is 0.610. The van der Waals surface area contributed by atoms with Crippen molar-refractivity contribution in [1.82, 2.24) is 19.4 Å². The molecule has 5 rings (SSSR count). The van der Waals surface area contributed by atoms with Gasteiger partial charge in [0.05, 0.1) is 9.92 Å². The topological polar surface area (TPSA) is 46.3 Å². The molecule has 2 fully saturated rings. The Morgan fingerprint density at radius 2 is 1.78 bits per heavy atom. The molecule has 5 nitrogen and oxygen atoms in total. The smallest absolute Gasteiger partial charge is 0.211 e. The summed E-state index contributed by atoms with van der Waals surface area (Å²) in [6.45, 7) is 2.17. The maximum absolute atomic E-state index is 6.27. The second-order valence-electron chi connectivity index (χ2n) is 7.65. The van der Waals surface area contributed by atoms with Gasteiger partial charge in [0.2, 0.25) is 5.95 Å². The average Bonchev–Trinajstić information content (AvgIpc) is 3.35. The number of hydrogen-bond donors (Lipinski definition) is 0. The van der Waals surface area contributed by atoms with Crippen LogP contribution in [-0.2, 0) is 0 Å². The first-order valence-corrected chi connectivity index (χ1v) is 10.8. The standard InChI is InChI=1S/C20H22ClN5S/c21-15-13-22-8-3-16(15)27-17-14-24-19(26-12-9-23-18(17)26)25-10-6-20(7-11-25)4-1-2-5-20/h3,8-9,12-14H,1-2,4-7,10-11H2. The van der Waals surface area contributed by atoms with E-state index >= 15 is 0 Å². The quantitative estimate of drug-likeness (QED) is 0.613. The summed E-state index contributed by atoms with van der Waals surface area (Å²) in [7, 11) is 0. The minimum absolute atomic E-state index is 0.610. The molecule has 1 saturated heterocycles. The van der Waals surface area contributed by atoms with Gasteiger partial charge >= 0.3 is 0 Å². The van der Waals surface area contributed by atoms with Crippen molar-refractivity contribution in [3.8, 4) is 0 Å². The van der Waals surface area contributed by atoms with Crippen molar-refractivity contribution in [2.24, 2.45) is 5.41 Å². The van der Waals surface area contributed by atoms with E-state index in [4.69, 9.17) is 16.6 Å². The molecule has 0 aromatic carbocycles. The first-order valence-electron chi connectivity index (χ1n) is 9.59. The fourth-order valence-corrected chi connectivity index (χ4v) is 5.66. The summed E-state index contributed by atoms with van der Waals surface area (Å²) < 4.78 is 2.12. The number of anilines is 1. The molecule has 27 heavy (non-hydrogen) atoms. The van der Waals surface area contributed by atoms with Crippen molar-refractivity contribution in [3.05, 3.63) is 42.1 Å². The maximum atomic E-state index is 6.27. The van der Waals surface area contributed by atoms with Crippen LogP contribution >= 0.6 is 23.4 Å². The van der Waals surface area contributed by atoms with Crippen molar-refractivity contribution in [2.75, 3.05) is 18.0 Å². The minimum Gasteiger partial charge on any atom is -0.342 e. The van der Waals surface area contributed by atoms with E-state index in [2.05, 4.69) is 19.3 Å². The lowest BCUT2D eigenvalue weighted by atomic mass is 9.77. The molecule has 0 bridgehead atoms. The van der Waals surface area contributed by atoms with Crippen molar-refractivity contribution in [3.63, 3.8) is 0 Å². The Hall–Kier alpha value is -1.79. The molecule has 0 amide bonds. The van der Waals surface area contributed by atoms with Gasteiger partial charge in [0.15, 0.2) is 5.65 Å². The lowest BCUT2D eigenvalue weighted by molar-refractivity contribution is 0.225. The Balaban J connectivity index is 1.42. The van der Waals surface area contributed by atoms with Crippen LogP contribution in [0.4, 0.5) is 5.95 Å². The molecule has 1 spiro atoms. The van der Waals surface area contributed by atoms with Crippen LogP contribution in [0.3, 0.4) is 0 Å². The predicted octanol–water partition coefficient (Wildman–Crippen LogP) is 5.09. The molecule has 1 aliphatic heterocycles. The third-order valence-corrected chi connectivity index (χ3v) is 7.60.